The minimum absolute atomic E-state index is 0.227. The van der Waals surface area contributed by atoms with Gasteiger partial charge in [-0.25, -0.2) is 4.79 Å². The van der Waals surface area contributed by atoms with Crippen molar-refractivity contribution in [2.75, 3.05) is 6.54 Å². The molecule has 1 saturated heterocycles. The van der Waals surface area contributed by atoms with E-state index in [0.717, 1.165) is 25.8 Å². The summed E-state index contributed by atoms with van der Waals surface area (Å²) in [6.07, 6.45) is 4.52. The predicted octanol–water partition coefficient (Wildman–Crippen LogP) is 0.926. The third-order valence-corrected chi connectivity index (χ3v) is 2.44. The van der Waals surface area contributed by atoms with Crippen LogP contribution in [-0.2, 0) is 4.79 Å². The highest BCUT2D eigenvalue weighted by molar-refractivity contribution is 5.85. The highest BCUT2D eigenvalue weighted by Crippen LogP contribution is 2.05. The normalized spacial score (nSPS) is 18.9. The van der Waals surface area contributed by atoms with Gasteiger partial charge in [-0.15, -0.1) is 0 Å². The maximum absolute atomic E-state index is 10.3. The molecule has 1 atom stereocenters. The maximum Gasteiger partial charge on any atom is 0.352 e. The SMILES string of the molecule is O=C(O)C1CCCCN1.O=C(O)c1ccc[nH]1. The fraction of sp³-hybridized carbons (Fsp3) is 0.455. The Balaban J connectivity index is 0.000000171. The third-order valence-electron chi connectivity index (χ3n) is 2.44. The molecule has 0 bridgehead atoms. The Kier molecular flexibility index (Phi) is 5.22. The monoisotopic (exact) mass is 240 g/mol. The van der Waals surface area contributed by atoms with Gasteiger partial charge in [0, 0.05) is 6.20 Å². The Morgan fingerprint density at radius 3 is 2.35 bits per heavy atom. The number of piperidine rings is 1. The molecule has 0 spiro atoms. The lowest BCUT2D eigenvalue weighted by Gasteiger charge is -2.18. The van der Waals surface area contributed by atoms with Gasteiger partial charge in [-0.1, -0.05) is 6.42 Å². The highest BCUT2D eigenvalue weighted by atomic mass is 16.4. The van der Waals surface area contributed by atoms with E-state index >= 15 is 0 Å². The van der Waals surface area contributed by atoms with E-state index in [9.17, 15) is 9.59 Å². The van der Waals surface area contributed by atoms with Crippen LogP contribution in [0.15, 0.2) is 18.3 Å². The van der Waals surface area contributed by atoms with Crippen LogP contribution in [0, 0.1) is 0 Å². The topological polar surface area (TPSA) is 102 Å². The maximum atomic E-state index is 10.3. The van der Waals surface area contributed by atoms with Crippen LogP contribution in [0.3, 0.4) is 0 Å². The molecule has 6 nitrogen and oxygen atoms in total. The number of rotatable bonds is 2. The van der Waals surface area contributed by atoms with Crippen LogP contribution in [0.5, 0.6) is 0 Å². The van der Waals surface area contributed by atoms with Gasteiger partial charge in [-0.05, 0) is 31.5 Å². The lowest BCUT2D eigenvalue weighted by molar-refractivity contribution is -0.140. The number of aromatic amines is 1. The number of aromatic carboxylic acids is 1. The smallest absolute Gasteiger partial charge is 0.352 e. The van der Waals surface area contributed by atoms with Gasteiger partial charge in [0.15, 0.2) is 0 Å². The molecule has 0 aliphatic carbocycles. The van der Waals surface area contributed by atoms with Gasteiger partial charge < -0.3 is 20.5 Å². The highest BCUT2D eigenvalue weighted by Gasteiger charge is 2.18. The van der Waals surface area contributed by atoms with Crippen LogP contribution in [-0.4, -0.2) is 39.7 Å². The first-order chi connectivity index (χ1) is 8.11. The van der Waals surface area contributed by atoms with Crippen molar-refractivity contribution in [2.24, 2.45) is 0 Å². The van der Waals surface area contributed by atoms with E-state index in [1.807, 2.05) is 0 Å². The molecule has 94 valence electrons. The van der Waals surface area contributed by atoms with E-state index in [4.69, 9.17) is 10.2 Å². The molecule has 2 rings (SSSR count). The number of hydrogen-bond donors (Lipinski definition) is 4. The molecular formula is C11H16N2O4. The molecule has 1 aromatic rings. The molecule has 1 fully saturated rings. The summed E-state index contributed by atoms with van der Waals surface area (Å²) >= 11 is 0. The van der Waals surface area contributed by atoms with Gasteiger partial charge in [0.05, 0.1) is 0 Å². The molecule has 6 heteroatoms. The molecule has 17 heavy (non-hydrogen) atoms. The Morgan fingerprint density at radius 1 is 1.29 bits per heavy atom. The average Bonchev–Trinajstić information content (AvgIpc) is 2.84. The van der Waals surface area contributed by atoms with E-state index < -0.39 is 11.9 Å². The lowest BCUT2D eigenvalue weighted by Crippen LogP contribution is -2.40. The number of nitrogens with one attached hydrogen (secondary N) is 2. The number of H-pyrrole nitrogens is 1. The van der Waals surface area contributed by atoms with Gasteiger partial charge in [0.1, 0.15) is 11.7 Å². The second-order valence-corrected chi connectivity index (χ2v) is 3.73. The fourth-order valence-corrected chi connectivity index (χ4v) is 1.53. The fourth-order valence-electron chi connectivity index (χ4n) is 1.53. The van der Waals surface area contributed by atoms with Crippen molar-refractivity contribution in [3.05, 3.63) is 24.0 Å². The second kappa shape index (κ2) is 6.70. The van der Waals surface area contributed by atoms with Crippen LogP contribution in [0.4, 0.5) is 0 Å². The van der Waals surface area contributed by atoms with Crippen molar-refractivity contribution in [1.29, 1.82) is 0 Å². The minimum Gasteiger partial charge on any atom is -0.480 e. The van der Waals surface area contributed by atoms with Crippen LogP contribution in [0.25, 0.3) is 0 Å². The molecule has 1 aliphatic heterocycles. The number of aromatic nitrogens is 1. The molecule has 2 heterocycles. The molecule has 1 unspecified atom stereocenters. The summed E-state index contributed by atoms with van der Waals surface area (Å²) in [6, 6.07) is 2.87. The van der Waals surface area contributed by atoms with Crippen molar-refractivity contribution in [3.63, 3.8) is 0 Å². The summed E-state index contributed by atoms with van der Waals surface area (Å²) in [7, 11) is 0. The molecular weight excluding hydrogens is 224 g/mol. The first-order valence-electron chi connectivity index (χ1n) is 5.44. The summed E-state index contributed by atoms with van der Waals surface area (Å²) in [4.78, 5) is 22.9. The quantitative estimate of drug-likeness (QED) is 0.615. The molecule has 1 aromatic heterocycles. The first kappa shape index (κ1) is 13.2. The third kappa shape index (κ3) is 4.69. The largest absolute Gasteiger partial charge is 0.480 e. The van der Waals surface area contributed by atoms with E-state index in [1.54, 1.807) is 12.3 Å². The Bertz CT molecular complexity index is 356. The van der Waals surface area contributed by atoms with E-state index in [2.05, 4.69) is 10.3 Å². The van der Waals surface area contributed by atoms with Gasteiger partial charge >= 0.3 is 11.9 Å². The van der Waals surface area contributed by atoms with Crippen LogP contribution in [0.1, 0.15) is 29.8 Å². The van der Waals surface area contributed by atoms with E-state index in [1.165, 1.54) is 6.07 Å². The Morgan fingerprint density at radius 2 is 2.06 bits per heavy atom. The summed E-state index contributed by atoms with van der Waals surface area (Å²) < 4.78 is 0. The molecule has 4 N–H and O–H groups in total. The van der Waals surface area contributed by atoms with E-state index in [-0.39, 0.29) is 11.7 Å². The zero-order chi connectivity index (χ0) is 12.7. The zero-order valence-corrected chi connectivity index (χ0v) is 9.35. The predicted molar refractivity (Wildman–Crippen MR) is 61.0 cm³/mol. The van der Waals surface area contributed by atoms with Crippen molar-refractivity contribution >= 4 is 11.9 Å². The first-order valence-corrected chi connectivity index (χ1v) is 5.44. The number of aliphatic carboxylic acids is 1. The number of carbonyl (C=O) groups is 2. The molecule has 0 aromatic carbocycles. The van der Waals surface area contributed by atoms with Crippen molar-refractivity contribution in [3.8, 4) is 0 Å². The number of carboxylic acid groups (broad SMARTS) is 2. The zero-order valence-electron chi connectivity index (χ0n) is 9.35. The molecule has 0 radical (unpaired) electrons. The number of carboxylic acids is 2. The standard InChI is InChI=1S/C6H11NO2.C5H5NO2/c8-6(9)5-3-1-2-4-7-5;7-5(8)4-2-1-3-6-4/h5,7H,1-4H2,(H,8,9);1-3,6H,(H,7,8). The van der Waals surface area contributed by atoms with Crippen molar-refractivity contribution < 1.29 is 19.8 Å². The summed E-state index contributed by atoms with van der Waals surface area (Å²) in [5, 5.41) is 19.6. The van der Waals surface area contributed by atoms with Gasteiger partial charge in [-0.3, -0.25) is 4.79 Å². The van der Waals surface area contributed by atoms with Crippen molar-refractivity contribution in [1.82, 2.24) is 10.3 Å². The lowest BCUT2D eigenvalue weighted by atomic mass is 10.1. The van der Waals surface area contributed by atoms with Gasteiger partial charge in [-0.2, -0.15) is 0 Å². The number of hydrogen-bond acceptors (Lipinski definition) is 3. The van der Waals surface area contributed by atoms with Gasteiger partial charge in [0.2, 0.25) is 0 Å². The summed E-state index contributed by atoms with van der Waals surface area (Å²) in [6.45, 7) is 0.858. The van der Waals surface area contributed by atoms with Gasteiger partial charge in [0.25, 0.3) is 0 Å². The van der Waals surface area contributed by atoms with Crippen LogP contribution >= 0.6 is 0 Å². The average molecular weight is 240 g/mol. The molecule has 0 saturated carbocycles. The van der Waals surface area contributed by atoms with Crippen LogP contribution < -0.4 is 5.32 Å². The molecule has 0 amide bonds. The summed E-state index contributed by atoms with van der Waals surface area (Å²) in [5.41, 5.74) is 0.227. The van der Waals surface area contributed by atoms with E-state index in [0.29, 0.717) is 0 Å². The van der Waals surface area contributed by atoms with Crippen molar-refractivity contribution in [2.45, 2.75) is 25.3 Å². The summed E-state index contributed by atoms with van der Waals surface area (Å²) in [5.74, 6) is -1.63. The Labute approximate surface area is 98.7 Å². The Hall–Kier alpha value is -1.82. The minimum atomic E-state index is -0.921. The second-order valence-electron chi connectivity index (χ2n) is 3.73. The molecule has 1 aliphatic rings. The van der Waals surface area contributed by atoms with Crippen LogP contribution in [0.2, 0.25) is 0 Å².